The van der Waals surface area contributed by atoms with Crippen molar-refractivity contribution in [3.05, 3.63) is 35.2 Å². The van der Waals surface area contributed by atoms with Crippen molar-refractivity contribution < 1.29 is 19.4 Å². The lowest BCUT2D eigenvalue weighted by molar-refractivity contribution is -0.145. The molecule has 5 nitrogen and oxygen atoms in total. The summed E-state index contributed by atoms with van der Waals surface area (Å²) in [7, 11) is 0. The lowest BCUT2D eigenvalue weighted by Crippen LogP contribution is -2.43. The first-order valence-corrected chi connectivity index (χ1v) is 9.57. The number of carbonyl (C=O) groups is 2. The van der Waals surface area contributed by atoms with E-state index in [1.54, 1.807) is 0 Å². The third kappa shape index (κ3) is 3.16. The lowest BCUT2D eigenvalue weighted by atomic mass is 9.84. The van der Waals surface area contributed by atoms with E-state index >= 15 is 0 Å². The fraction of sp³-hybridized carbons (Fsp3) is 0.474. The number of benzene rings is 1. The Balaban J connectivity index is 1.41. The molecule has 0 aliphatic carbocycles. The molecule has 2 saturated heterocycles. The zero-order chi connectivity index (χ0) is 17.4. The van der Waals surface area contributed by atoms with Gasteiger partial charge in [0.05, 0.1) is 16.9 Å². The van der Waals surface area contributed by atoms with Crippen molar-refractivity contribution in [2.24, 2.45) is 11.8 Å². The van der Waals surface area contributed by atoms with Crippen LogP contribution in [-0.2, 0) is 9.53 Å². The molecule has 0 saturated carbocycles. The number of rotatable bonds is 3. The zero-order valence-electron chi connectivity index (χ0n) is 13.9. The Bertz CT molecular complexity index is 761. The SMILES string of the molecule is O=C(O)C1CCO[C@H]1C1CCN(C(=O)c2cc3ccccc3s2)CC1. The number of carboxylic acid groups (broad SMARTS) is 1. The van der Waals surface area contributed by atoms with Gasteiger partial charge in [-0.1, -0.05) is 18.2 Å². The third-order valence-corrected chi connectivity index (χ3v) is 6.48. The first-order valence-electron chi connectivity index (χ1n) is 8.76. The van der Waals surface area contributed by atoms with E-state index in [0.29, 0.717) is 26.1 Å². The molecular formula is C19H21NO4S. The minimum Gasteiger partial charge on any atom is -0.481 e. The largest absolute Gasteiger partial charge is 0.481 e. The summed E-state index contributed by atoms with van der Waals surface area (Å²) in [6, 6.07) is 9.99. The molecule has 2 atom stereocenters. The van der Waals surface area contributed by atoms with Crippen molar-refractivity contribution in [3.63, 3.8) is 0 Å². The zero-order valence-corrected chi connectivity index (χ0v) is 14.7. The van der Waals surface area contributed by atoms with Gasteiger partial charge in [-0.3, -0.25) is 9.59 Å². The van der Waals surface area contributed by atoms with Crippen LogP contribution in [0.2, 0.25) is 0 Å². The Kier molecular flexibility index (Phi) is 4.48. The van der Waals surface area contributed by atoms with E-state index in [0.717, 1.165) is 27.8 Å². The molecule has 4 rings (SSSR count). The molecule has 0 spiro atoms. The normalized spacial score (nSPS) is 24.7. The van der Waals surface area contributed by atoms with Crippen LogP contribution in [0.3, 0.4) is 0 Å². The van der Waals surface area contributed by atoms with E-state index in [-0.39, 0.29) is 17.9 Å². The number of likely N-dealkylation sites (tertiary alicyclic amines) is 1. The number of hydrogen-bond acceptors (Lipinski definition) is 4. The summed E-state index contributed by atoms with van der Waals surface area (Å²) >= 11 is 1.54. The topological polar surface area (TPSA) is 66.8 Å². The first kappa shape index (κ1) is 16.5. The summed E-state index contributed by atoms with van der Waals surface area (Å²) in [6.45, 7) is 1.87. The molecule has 25 heavy (non-hydrogen) atoms. The van der Waals surface area contributed by atoms with Crippen LogP contribution in [0.15, 0.2) is 30.3 Å². The summed E-state index contributed by atoms with van der Waals surface area (Å²) in [5, 5.41) is 10.4. The highest BCUT2D eigenvalue weighted by atomic mass is 32.1. The number of hydrogen-bond donors (Lipinski definition) is 1. The van der Waals surface area contributed by atoms with Gasteiger partial charge in [-0.25, -0.2) is 0 Å². The molecule has 2 aliphatic heterocycles. The summed E-state index contributed by atoms with van der Waals surface area (Å²) in [4.78, 5) is 26.8. The second-order valence-electron chi connectivity index (χ2n) is 6.85. The van der Waals surface area contributed by atoms with Crippen molar-refractivity contribution >= 4 is 33.3 Å². The number of fused-ring (bicyclic) bond motifs is 1. The highest BCUT2D eigenvalue weighted by molar-refractivity contribution is 7.20. The number of aliphatic carboxylic acids is 1. The molecule has 2 fully saturated rings. The van der Waals surface area contributed by atoms with Crippen LogP contribution in [0.5, 0.6) is 0 Å². The van der Waals surface area contributed by atoms with Crippen LogP contribution < -0.4 is 0 Å². The van der Waals surface area contributed by atoms with E-state index in [1.807, 2.05) is 35.2 Å². The van der Waals surface area contributed by atoms with Crippen LogP contribution in [0, 0.1) is 11.8 Å². The highest BCUT2D eigenvalue weighted by Crippen LogP contribution is 2.34. The molecule has 1 aromatic carbocycles. The van der Waals surface area contributed by atoms with Crippen LogP contribution >= 0.6 is 11.3 Å². The smallest absolute Gasteiger partial charge is 0.309 e. The average molecular weight is 359 g/mol. The maximum atomic E-state index is 12.8. The molecule has 1 amide bonds. The van der Waals surface area contributed by atoms with Crippen molar-refractivity contribution in [1.82, 2.24) is 4.90 Å². The fourth-order valence-corrected chi connectivity index (χ4v) is 5.04. The highest BCUT2D eigenvalue weighted by Gasteiger charge is 2.40. The lowest BCUT2D eigenvalue weighted by Gasteiger charge is -2.35. The molecule has 1 N–H and O–H groups in total. The number of ether oxygens (including phenoxy) is 1. The standard InChI is InChI=1S/C19H21NO4S/c21-18(16-11-13-3-1-2-4-15(13)25-16)20-8-5-12(6-9-20)17-14(19(22)23)7-10-24-17/h1-4,11-12,14,17H,5-10H2,(H,22,23)/t14?,17-/m0/s1. The fourth-order valence-electron chi connectivity index (χ4n) is 4.01. The van der Waals surface area contributed by atoms with E-state index in [9.17, 15) is 14.7 Å². The Morgan fingerprint density at radius 1 is 1.16 bits per heavy atom. The predicted octanol–water partition coefficient (Wildman–Crippen LogP) is 3.24. The van der Waals surface area contributed by atoms with Crippen molar-refractivity contribution in [2.45, 2.75) is 25.4 Å². The Labute approximate surface area is 150 Å². The van der Waals surface area contributed by atoms with Crippen LogP contribution in [0.25, 0.3) is 10.1 Å². The molecule has 6 heteroatoms. The monoisotopic (exact) mass is 359 g/mol. The van der Waals surface area contributed by atoms with E-state index in [1.165, 1.54) is 11.3 Å². The molecule has 1 aromatic heterocycles. The second kappa shape index (κ2) is 6.77. The van der Waals surface area contributed by atoms with Gasteiger partial charge in [-0.2, -0.15) is 0 Å². The molecule has 2 aromatic rings. The summed E-state index contributed by atoms with van der Waals surface area (Å²) in [6.07, 6.45) is 2.02. The van der Waals surface area contributed by atoms with Crippen molar-refractivity contribution in [2.75, 3.05) is 19.7 Å². The molecule has 2 aliphatic rings. The number of thiophene rings is 1. The van der Waals surface area contributed by atoms with Gasteiger partial charge in [0.2, 0.25) is 0 Å². The van der Waals surface area contributed by atoms with Crippen molar-refractivity contribution in [1.29, 1.82) is 0 Å². The quantitative estimate of drug-likeness (QED) is 0.914. The Morgan fingerprint density at radius 2 is 1.92 bits per heavy atom. The number of amides is 1. The van der Waals surface area contributed by atoms with Gasteiger partial charge < -0.3 is 14.7 Å². The third-order valence-electron chi connectivity index (χ3n) is 5.38. The molecule has 1 unspecified atom stereocenters. The van der Waals surface area contributed by atoms with Gasteiger partial charge in [-0.05, 0) is 42.7 Å². The van der Waals surface area contributed by atoms with Crippen LogP contribution in [0.1, 0.15) is 28.9 Å². The summed E-state index contributed by atoms with van der Waals surface area (Å²) in [5.41, 5.74) is 0. The van der Waals surface area contributed by atoms with Gasteiger partial charge in [-0.15, -0.1) is 11.3 Å². The number of carbonyl (C=O) groups excluding carboxylic acids is 1. The van der Waals surface area contributed by atoms with Gasteiger partial charge >= 0.3 is 5.97 Å². The van der Waals surface area contributed by atoms with E-state index < -0.39 is 11.9 Å². The summed E-state index contributed by atoms with van der Waals surface area (Å²) in [5.74, 6) is -0.835. The van der Waals surface area contributed by atoms with Crippen LogP contribution in [-0.4, -0.2) is 47.7 Å². The number of carboxylic acids is 1. The van der Waals surface area contributed by atoms with Gasteiger partial charge in [0, 0.05) is 24.4 Å². The minimum absolute atomic E-state index is 0.0850. The number of piperidine rings is 1. The molecule has 132 valence electrons. The maximum absolute atomic E-state index is 12.8. The van der Waals surface area contributed by atoms with E-state index in [4.69, 9.17) is 4.74 Å². The molecule has 0 bridgehead atoms. The Morgan fingerprint density at radius 3 is 2.64 bits per heavy atom. The van der Waals surface area contributed by atoms with Gasteiger partial charge in [0.1, 0.15) is 0 Å². The molecule has 3 heterocycles. The van der Waals surface area contributed by atoms with Crippen molar-refractivity contribution in [3.8, 4) is 0 Å². The first-order chi connectivity index (χ1) is 12.1. The van der Waals surface area contributed by atoms with E-state index in [2.05, 4.69) is 0 Å². The summed E-state index contributed by atoms with van der Waals surface area (Å²) < 4.78 is 6.83. The average Bonchev–Trinajstić information content (AvgIpc) is 3.28. The van der Waals surface area contributed by atoms with Gasteiger partial charge in [0.15, 0.2) is 0 Å². The maximum Gasteiger partial charge on any atom is 0.309 e. The molecular weight excluding hydrogens is 338 g/mol. The Hall–Kier alpha value is -1.92. The van der Waals surface area contributed by atoms with Crippen LogP contribution in [0.4, 0.5) is 0 Å². The molecule has 0 radical (unpaired) electrons. The van der Waals surface area contributed by atoms with Gasteiger partial charge in [0.25, 0.3) is 5.91 Å². The predicted molar refractivity (Wildman–Crippen MR) is 95.9 cm³/mol. The number of nitrogens with zero attached hydrogens (tertiary/aromatic N) is 1. The minimum atomic E-state index is -0.758. The second-order valence-corrected chi connectivity index (χ2v) is 7.93.